The zero-order valence-corrected chi connectivity index (χ0v) is 16.3. The number of hydrogen-bond acceptors (Lipinski definition) is 9. The maximum absolute atomic E-state index is 11.3. The fourth-order valence-electron chi connectivity index (χ4n) is 1.54. The first-order valence-corrected chi connectivity index (χ1v) is 13.3. The zero-order valence-electron chi connectivity index (χ0n) is 13.0. The lowest BCUT2D eigenvalue weighted by atomic mass is 10.7. The van der Waals surface area contributed by atoms with Crippen molar-refractivity contribution in [2.45, 2.75) is 0 Å². The van der Waals surface area contributed by atoms with E-state index >= 15 is 0 Å². The van der Waals surface area contributed by atoms with Crippen molar-refractivity contribution in [3.05, 3.63) is 0 Å². The Labute approximate surface area is 137 Å². The summed E-state index contributed by atoms with van der Waals surface area (Å²) in [4.78, 5) is 0. The van der Waals surface area contributed by atoms with E-state index in [9.17, 15) is 33.7 Å². The molecule has 0 amide bonds. The summed E-state index contributed by atoms with van der Waals surface area (Å²) < 4.78 is 96.1. The lowest BCUT2D eigenvalue weighted by Crippen LogP contribution is -2.39. The SMILES string of the molecule is CS(=O)(=O)N(CCOCCN(S(C)(=O)=O)S(C)(=O)=O)S(C)(=O)=O. The fourth-order valence-corrected chi connectivity index (χ4v) is 7.10. The summed E-state index contributed by atoms with van der Waals surface area (Å²) in [6.07, 6.45) is 2.85. The Bertz CT molecular complexity index is 677. The fraction of sp³-hybridized carbons (Fsp3) is 1.00. The second-order valence-corrected chi connectivity index (χ2v) is 12.7. The van der Waals surface area contributed by atoms with Crippen LogP contribution < -0.4 is 0 Å². The molecule has 0 unspecified atom stereocenters. The second-order valence-electron chi connectivity index (χ2n) is 4.66. The van der Waals surface area contributed by atoms with Crippen LogP contribution in [-0.2, 0) is 44.8 Å². The molecule has 0 aliphatic rings. The van der Waals surface area contributed by atoms with Gasteiger partial charge in [0.15, 0.2) is 0 Å². The number of sulfonamides is 4. The van der Waals surface area contributed by atoms with Gasteiger partial charge < -0.3 is 4.74 Å². The van der Waals surface area contributed by atoms with Crippen molar-refractivity contribution in [1.82, 2.24) is 7.42 Å². The highest BCUT2D eigenvalue weighted by Gasteiger charge is 2.28. The first-order valence-electron chi connectivity index (χ1n) is 5.91. The molecule has 15 heteroatoms. The van der Waals surface area contributed by atoms with Crippen molar-refractivity contribution in [1.29, 1.82) is 0 Å². The maximum atomic E-state index is 11.3. The standard InChI is InChI=1S/C8H20N2O9S4/c1-20(11,12)9(21(2,13)14)5-7-19-8-6-10(22(3,15)16)23(4,17)18/h5-8H2,1-4H3. The third kappa shape index (κ3) is 8.37. The van der Waals surface area contributed by atoms with Crippen LogP contribution in [0.25, 0.3) is 0 Å². The second kappa shape index (κ2) is 7.71. The Morgan fingerprint density at radius 2 is 0.783 bits per heavy atom. The van der Waals surface area contributed by atoms with Crippen LogP contribution in [0.5, 0.6) is 0 Å². The van der Waals surface area contributed by atoms with Crippen molar-refractivity contribution in [2.75, 3.05) is 51.3 Å². The molecule has 0 aromatic rings. The van der Waals surface area contributed by atoms with Crippen LogP contribution >= 0.6 is 0 Å². The molecule has 0 aliphatic carbocycles. The van der Waals surface area contributed by atoms with Gasteiger partial charge in [-0.05, 0) is 0 Å². The van der Waals surface area contributed by atoms with Crippen molar-refractivity contribution in [3.63, 3.8) is 0 Å². The van der Waals surface area contributed by atoms with Gasteiger partial charge in [0.05, 0.1) is 51.3 Å². The summed E-state index contributed by atoms with van der Waals surface area (Å²) in [5.74, 6) is 0. The lowest BCUT2D eigenvalue weighted by Gasteiger charge is -2.19. The zero-order chi connectivity index (χ0) is 18.7. The lowest BCUT2D eigenvalue weighted by molar-refractivity contribution is 0.129. The predicted octanol–water partition coefficient (Wildman–Crippen LogP) is -2.55. The molecule has 0 N–H and O–H groups in total. The Hall–Kier alpha value is -0.320. The van der Waals surface area contributed by atoms with Crippen LogP contribution in [0.4, 0.5) is 0 Å². The van der Waals surface area contributed by atoms with E-state index in [4.69, 9.17) is 4.74 Å². The monoisotopic (exact) mass is 416 g/mol. The minimum absolute atomic E-state index is 0.227. The number of rotatable bonds is 10. The molecular weight excluding hydrogens is 396 g/mol. The summed E-state index contributed by atoms with van der Waals surface area (Å²) >= 11 is 0. The summed E-state index contributed by atoms with van der Waals surface area (Å²) in [7, 11) is -16.0. The molecule has 0 aromatic carbocycles. The van der Waals surface area contributed by atoms with Crippen LogP contribution in [0.15, 0.2) is 0 Å². The van der Waals surface area contributed by atoms with Crippen molar-refractivity contribution in [2.24, 2.45) is 0 Å². The molecule has 0 spiro atoms. The van der Waals surface area contributed by atoms with Crippen molar-refractivity contribution in [3.8, 4) is 0 Å². The molecule has 0 aromatic heterocycles. The number of hydrogen-bond donors (Lipinski definition) is 0. The third-order valence-electron chi connectivity index (χ3n) is 2.32. The van der Waals surface area contributed by atoms with Crippen molar-refractivity contribution >= 4 is 40.1 Å². The van der Waals surface area contributed by atoms with E-state index in [1.807, 2.05) is 0 Å². The molecule has 140 valence electrons. The highest BCUT2D eigenvalue weighted by atomic mass is 32.3. The quantitative estimate of drug-likeness (QED) is 0.350. The molecule has 0 aliphatic heterocycles. The Balaban J connectivity index is 4.70. The normalized spacial score (nSPS) is 14.5. The van der Waals surface area contributed by atoms with Gasteiger partial charge in [-0.2, -0.15) is 0 Å². The minimum atomic E-state index is -4.01. The Morgan fingerprint density at radius 3 is 0.957 bits per heavy atom. The van der Waals surface area contributed by atoms with Gasteiger partial charge in [-0.15, -0.1) is 0 Å². The van der Waals surface area contributed by atoms with Gasteiger partial charge in [-0.1, -0.05) is 7.42 Å². The largest absolute Gasteiger partial charge is 0.379 e. The highest BCUT2D eigenvalue weighted by molar-refractivity contribution is 8.03. The molecule has 0 radical (unpaired) electrons. The van der Waals surface area contributed by atoms with E-state index in [-0.39, 0.29) is 20.6 Å². The van der Waals surface area contributed by atoms with Gasteiger partial charge in [0.1, 0.15) is 0 Å². The molecule has 0 bridgehead atoms. The Kier molecular flexibility index (Phi) is 7.60. The predicted molar refractivity (Wildman–Crippen MR) is 83.6 cm³/mol. The third-order valence-corrected chi connectivity index (χ3v) is 9.25. The molecule has 0 fully saturated rings. The molecule has 0 saturated heterocycles. The maximum Gasteiger partial charge on any atom is 0.224 e. The molecule has 0 heterocycles. The van der Waals surface area contributed by atoms with Crippen LogP contribution in [0.3, 0.4) is 0 Å². The van der Waals surface area contributed by atoms with E-state index in [2.05, 4.69) is 0 Å². The topological polar surface area (TPSA) is 152 Å². The first kappa shape index (κ1) is 22.7. The van der Waals surface area contributed by atoms with E-state index in [0.29, 0.717) is 25.0 Å². The summed E-state index contributed by atoms with van der Waals surface area (Å²) in [5, 5.41) is 0. The number of ether oxygens (including phenoxy) is 1. The van der Waals surface area contributed by atoms with Crippen LogP contribution in [0.1, 0.15) is 0 Å². The van der Waals surface area contributed by atoms with Gasteiger partial charge >= 0.3 is 0 Å². The molecule has 0 saturated carbocycles. The molecule has 23 heavy (non-hydrogen) atoms. The number of nitrogens with zero attached hydrogens (tertiary/aromatic N) is 2. The first-order chi connectivity index (χ1) is 9.97. The summed E-state index contributed by atoms with van der Waals surface area (Å²) in [6.45, 7) is -1.73. The molecular formula is C8H20N2O9S4. The highest BCUT2D eigenvalue weighted by Crippen LogP contribution is 2.06. The molecule has 0 atom stereocenters. The summed E-state index contributed by atoms with van der Waals surface area (Å²) in [6, 6.07) is 0. The van der Waals surface area contributed by atoms with Gasteiger partial charge in [0.2, 0.25) is 40.1 Å². The van der Waals surface area contributed by atoms with Gasteiger partial charge in [-0.25, -0.2) is 33.7 Å². The average Bonchev–Trinajstić information content (AvgIpc) is 2.19. The van der Waals surface area contributed by atoms with Crippen molar-refractivity contribution < 1.29 is 38.4 Å². The van der Waals surface area contributed by atoms with Crippen LogP contribution in [0.2, 0.25) is 0 Å². The summed E-state index contributed by atoms with van der Waals surface area (Å²) in [5.41, 5.74) is 0. The minimum Gasteiger partial charge on any atom is -0.379 e. The van der Waals surface area contributed by atoms with Gasteiger partial charge in [0, 0.05) is 0 Å². The van der Waals surface area contributed by atoms with E-state index < -0.39 is 53.2 Å². The van der Waals surface area contributed by atoms with E-state index in [1.54, 1.807) is 0 Å². The van der Waals surface area contributed by atoms with Crippen LogP contribution in [0, 0.1) is 0 Å². The smallest absolute Gasteiger partial charge is 0.224 e. The molecule has 0 rings (SSSR count). The van der Waals surface area contributed by atoms with E-state index in [0.717, 1.165) is 0 Å². The molecule has 11 nitrogen and oxygen atoms in total. The van der Waals surface area contributed by atoms with Gasteiger partial charge in [0.25, 0.3) is 0 Å². The van der Waals surface area contributed by atoms with E-state index in [1.165, 1.54) is 0 Å². The van der Waals surface area contributed by atoms with Crippen LogP contribution in [-0.4, -0.2) is 92.4 Å². The van der Waals surface area contributed by atoms with Gasteiger partial charge in [-0.3, -0.25) is 0 Å². The Morgan fingerprint density at radius 1 is 0.565 bits per heavy atom. The average molecular weight is 417 g/mol.